The van der Waals surface area contributed by atoms with Gasteiger partial charge in [0.05, 0.1) is 0 Å². The van der Waals surface area contributed by atoms with Crippen molar-refractivity contribution in [1.82, 2.24) is 0 Å². The lowest BCUT2D eigenvalue weighted by atomic mass is 10.6. The van der Waals surface area contributed by atoms with Crippen LogP contribution in [0.15, 0.2) is 12.7 Å². The van der Waals surface area contributed by atoms with Crippen LogP contribution in [0.25, 0.3) is 0 Å². The van der Waals surface area contributed by atoms with Gasteiger partial charge in [-0.3, -0.25) is 0 Å². The molecule has 0 amide bonds. The molecular weight excluding hydrogens is 210 g/mol. The Kier molecular flexibility index (Phi) is 3.50. The van der Waals surface area contributed by atoms with Crippen LogP contribution in [0, 0.1) is 0 Å². The summed E-state index contributed by atoms with van der Waals surface area (Å²) in [5.74, 6) is -1.23. The van der Waals surface area contributed by atoms with E-state index in [-0.39, 0.29) is 0 Å². The highest BCUT2D eigenvalue weighted by molar-refractivity contribution is 7.86. The van der Waals surface area contributed by atoms with Gasteiger partial charge < -0.3 is 9.29 Å². The third-order valence-corrected chi connectivity index (χ3v) is 1.76. The molecule has 0 radical (unpaired) electrons. The lowest BCUT2D eigenvalue weighted by Crippen LogP contribution is -2.34. The Balaban J connectivity index is 4.37. The van der Waals surface area contributed by atoms with Crippen LogP contribution in [-0.2, 0) is 19.6 Å². The minimum absolute atomic E-state index is 0.563. The second-order valence-electron chi connectivity index (χ2n) is 1.90. The van der Waals surface area contributed by atoms with E-state index >= 15 is 0 Å². The van der Waals surface area contributed by atoms with E-state index in [0.29, 0.717) is 6.08 Å². The molecule has 0 rings (SSSR count). The van der Waals surface area contributed by atoms with Crippen molar-refractivity contribution in [1.29, 1.82) is 0 Å². The molecule has 76 valence electrons. The smallest absolute Gasteiger partial charge is 0.367 e. The fraction of sp³-hybridized carbons (Fsp3) is 0.400. The Morgan fingerprint density at radius 1 is 1.62 bits per heavy atom. The molecule has 0 bridgehead atoms. The predicted octanol–water partition coefficient (Wildman–Crippen LogP) is -0.146. The molecule has 0 spiro atoms. The minimum Gasteiger partial charge on any atom is -0.743 e. The Labute approximate surface area is 72.7 Å². The standard InChI is InChI=1S/C5H6F2O5S/c1-2-4(8)12-3-5(6,7)13(9,10)11/h2H,1,3H2,(H,9,10,11)/p-1. The SMILES string of the molecule is C=CC(=O)OCC(F)(F)S(=O)(=O)[O-]. The summed E-state index contributed by atoms with van der Waals surface area (Å²) in [5.41, 5.74) is 0. The van der Waals surface area contributed by atoms with Gasteiger partial charge in [-0.2, -0.15) is 8.78 Å². The third kappa shape index (κ3) is 3.47. The van der Waals surface area contributed by atoms with Gasteiger partial charge in [-0.05, 0) is 0 Å². The second-order valence-corrected chi connectivity index (χ2v) is 3.41. The molecule has 13 heavy (non-hydrogen) atoms. The van der Waals surface area contributed by atoms with Crippen molar-refractivity contribution in [3.8, 4) is 0 Å². The summed E-state index contributed by atoms with van der Waals surface area (Å²) in [6.07, 6.45) is 0.563. The Morgan fingerprint density at radius 2 is 2.08 bits per heavy atom. The average molecular weight is 215 g/mol. The minimum atomic E-state index is -5.80. The number of hydrogen-bond donors (Lipinski definition) is 0. The van der Waals surface area contributed by atoms with Crippen molar-refractivity contribution >= 4 is 16.1 Å². The first-order valence-corrected chi connectivity index (χ1v) is 4.24. The average Bonchev–Trinajstić information content (AvgIpc) is 1.98. The molecular formula is C5H5F2O5S-. The van der Waals surface area contributed by atoms with Gasteiger partial charge in [0.1, 0.15) is 0 Å². The van der Waals surface area contributed by atoms with Crippen LogP contribution in [0.5, 0.6) is 0 Å². The summed E-state index contributed by atoms with van der Waals surface area (Å²) < 4.78 is 57.6. The zero-order chi connectivity index (χ0) is 10.7. The Hall–Kier alpha value is -1.02. The highest BCUT2D eigenvalue weighted by Crippen LogP contribution is 2.20. The predicted molar refractivity (Wildman–Crippen MR) is 35.8 cm³/mol. The Bertz CT molecular complexity index is 307. The summed E-state index contributed by atoms with van der Waals surface area (Å²) in [7, 11) is -5.80. The number of halogens is 2. The second kappa shape index (κ2) is 3.79. The molecule has 5 nitrogen and oxygen atoms in total. The van der Waals surface area contributed by atoms with E-state index in [1.165, 1.54) is 0 Å². The van der Waals surface area contributed by atoms with E-state index in [4.69, 9.17) is 0 Å². The topological polar surface area (TPSA) is 83.5 Å². The quantitative estimate of drug-likeness (QED) is 0.370. The largest absolute Gasteiger partial charge is 0.743 e. The van der Waals surface area contributed by atoms with Crippen molar-refractivity contribution in [3.05, 3.63) is 12.7 Å². The van der Waals surface area contributed by atoms with E-state index in [1.807, 2.05) is 0 Å². The molecule has 0 aliphatic heterocycles. The van der Waals surface area contributed by atoms with E-state index in [9.17, 15) is 26.5 Å². The van der Waals surface area contributed by atoms with Gasteiger partial charge in [0.25, 0.3) is 0 Å². The highest BCUT2D eigenvalue weighted by atomic mass is 32.2. The summed E-state index contributed by atoms with van der Waals surface area (Å²) in [6.45, 7) is 1.07. The highest BCUT2D eigenvalue weighted by Gasteiger charge is 2.39. The van der Waals surface area contributed by atoms with Gasteiger partial charge in [0.15, 0.2) is 16.7 Å². The summed E-state index contributed by atoms with van der Waals surface area (Å²) >= 11 is 0. The number of esters is 1. The van der Waals surface area contributed by atoms with E-state index in [0.717, 1.165) is 0 Å². The molecule has 0 aromatic carbocycles. The van der Waals surface area contributed by atoms with Crippen molar-refractivity contribution in [2.75, 3.05) is 6.61 Å². The summed E-state index contributed by atoms with van der Waals surface area (Å²) in [6, 6.07) is 0. The lowest BCUT2D eigenvalue weighted by Gasteiger charge is -2.18. The molecule has 0 saturated heterocycles. The van der Waals surface area contributed by atoms with Gasteiger partial charge in [-0.25, -0.2) is 13.2 Å². The summed E-state index contributed by atoms with van der Waals surface area (Å²) in [5, 5.41) is -4.61. The van der Waals surface area contributed by atoms with Gasteiger partial charge >= 0.3 is 11.2 Å². The first-order chi connectivity index (χ1) is 5.70. The maximum absolute atomic E-state index is 12.2. The molecule has 0 aromatic heterocycles. The molecule has 0 fully saturated rings. The molecule has 0 aliphatic rings. The number of carbonyl (C=O) groups is 1. The molecule has 8 heteroatoms. The fourth-order valence-corrected chi connectivity index (χ4v) is 0.490. The van der Waals surface area contributed by atoms with Crippen molar-refractivity contribution in [2.45, 2.75) is 5.25 Å². The zero-order valence-electron chi connectivity index (χ0n) is 6.20. The van der Waals surface area contributed by atoms with E-state index < -0.39 is 27.9 Å². The fourth-order valence-electron chi connectivity index (χ4n) is 0.286. The van der Waals surface area contributed by atoms with Gasteiger partial charge in [-0.1, -0.05) is 6.58 Å². The van der Waals surface area contributed by atoms with Crippen LogP contribution in [0.2, 0.25) is 0 Å². The lowest BCUT2D eigenvalue weighted by molar-refractivity contribution is -0.143. The molecule has 0 N–H and O–H groups in total. The third-order valence-electron chi connectivity index (χ3n) is 0.915. The van der Waals surface area contributed by atoms with Crippen LogP contribution in [-0.4, -0.2) is 30.8 Å². The van der Waals surface area contributed by atoms with Crippen LogP contribution in [0.1, 0.15) is 0 Å². The number of alkyl halides is 2. The first-order valence-electron chi connectivity index (χ1n) is 2.83. The molecule has 0 unspecified atom stereocenters. The number of hydrogen-bond acceptors (Lipinski definition) is 5. The van der Waals surface area contributed by atoms with Crippen molar-refractivity contribution in [2.24, 2.45) is 0 Å². The maximum Gasteiger partial charge on any atom is 0.367 e. The molecule has 0 heterocycles. The molecule has 0 atom stereocenters. The van der Waals surface area contributed by atoms with E-state index in [2.05, 4.69) is 11.3 Å². The van der Waals surface area contributed by atoms with Crippen LogP contribution >= 0.6 is 0 Å². The van der Waals surface area contributed by atoms with Gasteiger partial charge in [-0.15, -0.1) is 0 Å². The number of ether oxygens (including phenoxy) is 1. The normalized spacial score (nSPS) is 12.2. The number of carbonyl (C=O) groups excluding carboxylic acids is 1. The Morgan fingerprint density at radius 3 is 2.38 bits per heavy atom. The maximum atomic E-state index is 12.2. The van der Waals surface area contributed by atoms with Crippen LogP contribution in [0.4, 0.5) is 8.78 Å². The van der Waals surface area contributed by atoms with Crippen molar-refractivity contribution in [3.63, 3.8) is 0 Å². The van der Waals surface area contributed by atoms with Gasteiger partial charge in [0.2, 0.25) is 0 Å². The monoisotopic (exact) mass is 215 g/mol. The zero-order valence-corrected chi connectivity index (χ0v) is 7.01. The molecule has 0 aliphatic carbocycles. The van der Waals surface area contributed by atoms with Crippen LogP contribution < -0.4 is 0 Å². The van der Waals surface area contributed by atoms with Crippen molar-refractivity contribution < 1.29 is 31.3 Å². The molecule has 0 aromatic rings. The molecule has 0 saturated carbocycles. The van der Waals surface area contributed by atoms with Gasteiger partial charge in [0, 0.05) is 6.08 Å². The first kappa shape index (κ1) is 12.0. The number of rotatable bonds is 4. The van der Waals surface area contributed by atoms with E-state index in [1.54, 1.807) is 0 Å². The summed E-state index contributed by atoms with van der Waals surface area (Å²) in [4.78, 5) is 10.2. The van der Waals surface area contributed by atoms with Crippen LogP contribution in [0.3, 0.4) is 0 Å².